The number of rotatable bonds is 2. The van der Waals surface area contributed by atoms with Crippen molar-refractivity contribution in [2.45, 2.75) is 25.5 Å². The van der Waals surface area contributed by atoms with E-state index in [0.717, 1.165) is 5.56 Å². The van der Waals surface area contributed by atoms with Crippen LogP contribution in [0.3, 0.4) is 0 Å². The second kappa shape index (κ2) is 5.02. The molecule has 0 radical (unpaired) electrons. The van der Waals surface area contributed by atoms with Crippen LogP contribution >= 0.6 is 11.8 Å². The molecule has 1 heterocycles. The van der Waals surface area contributed by atoms with Crippen LogP contribution in [0.15, 0.2) is 18.2 Å². The van der Waals surface area contributed by atoms with Gasteiger partial charge in [0.1, 0.15) is 5.75 Å². The van der Waals surface area contributed by atoms with Crippen LogP contribution in [0.5, 0.6) is 5.75 Å². The van der Waals surface area contributed by atoms with Crippen LogP contribution < -0.4 is 4.90 Å². The first-order chi connectivity index (χ1) is 8.49. The van der Waals surface area contributed by atoms with Gasteiger partial charge in [-0.15, -0.1) is 0 Å². The number of thioether (sulfide) groups is 1. The summed E-state index contributed by atoms with van der Waals surface area (Å²) in [5.41, 5.74) is 1.42. The van der Waals surface area contributed by atoms with Gasteiger partial charge in [-0.3, -0.25) is 9.59 Å². The molecule has 5 heteroatoms. The maximum absolute atomic E-state index is 12.0. The Hall–Kier alpha value is -1.49. The summed E-state index contributed by atoms with van der Waals surface area (Å²) >= 11 is 1.19. The highest BCUT2D eigenvalue weighted by Crippen LogP contribution is 2.36. The molecule has 1 aromatic carbocycles. The first kappa shape index (κ1) is 13.0. The number of phenols is 1. The summed E-state index contributed by atoms with van der Waals surface area (Å²) in [7, 11) is 0. The lowest BCUT2D eigenvalue weighted by Crippen LogP contribution is -2.25. The van der Waals surface area contributed by atoms with Gasteiger partial charge in [-0.2, -0.15) is 0 Å². The number of phenolic OH excluding ortho intramolecular Hbond substituents is 1. The van der Waals surface area contributed by atoms with Crippen LogP contribution in [0, 0.1) is 6.92 Å². The molecule has 1 unspecified atom stereocenters. The van der Waals surface area contributed by atoms with Crippen LogP contribution in [0.4, 0.5) is 5.69 Å². The van der Waals surface area contributed by atoms with E-state index in [4.69, 9.17) is 0 Å². The van der Waals surface area contributed by atoms with Crippen LogP contribution in [0.1, 0.15) is 18.9 Å². The summed E-state index contributed by atoms with van der Waals surface area (Å²) in [5, 5.41) is 9.87. The van der Waals surface area contributed by atoms with Gasteiger partial charge in [0.2, 0.25) is 5.91 Å². The van der Waals surface area contributed by atoms with E-state index in [1.165, 1.54) is 18.7 Å². The van der Waals surface area contributed by atoms with E-state index in [1.54, 1.807) is 17.0 Å². The van der Waals surface area contributed by atoms with Gasteiger partial charge in [-0.25, -0.2) is 0 Å². The Morgan fingerprint density at radius 2 is 2.22 bits per heavy atom. The molecule has 1 amide bonds. The zero-order valence-corrected chi connectivity index (χ0v) is 11.2. The van der Waals surface area contributed by atoms with Crippen LogP contribution in [0.25, 0.3) is 0 Å². The van der Waals surface area contributed by atoms with Gasteiger partial charge >= 0.3 is 0 Å². The van der Waals surface area contributed by atoms with Crippen molar-refractivity contribution in [3.05, 3.63) is 23.8 Å². The SMILES string of the molecule is CC(=O)SC1CC(=O)N(c2c(C)cccc2O)C1. The Morgan fingerprint density at radius 1 is 1.50 bits per heavy atom. The molecule has 0 aliphatic carbocycles. The number of para-hydroxylation sites is 1. The minimum atomic E-state index is -0.0432. The number of amides is 1. The van der Waals surface area contributed by atoms with E-state index in [1.807, 2.05) is 13.0 Å². The third kappa shape index (κ3) is 2.51. The number of aryl methyl sites for hydroxylation is 1. The minimum Gasteiger partial charge on any atom is -0.506 e. The molecule has 0 spiro atoms. The second-order valence-electron chi connectivity index (χ2n) is 4.38. The van der Waals surface area contributed by atoms with Gasteiger partial charge in [-0.05, 0) is 18.6 Å². The highest BCUT2D eigenvalue weighted by atomic mass is 32.2. The highest BCUT2D eigenvalue weighted by molar-refractivity contribution is 8.14. The first-order valence-corrected chi connectivity index (χ1v) is 6.63. The van der Waals surface area contributed by atoms with E-state index in [2.05, 4.69) is 0 Å². The maximum atomic E-state index is 12.0. The molecule has 0 bridgehead atoms. The zero-order chi connectivity index (χ0) is 13.3. The number of hydrogen-bond donors (Lipinski definition) is 1. The lowest BCUT2D eigenvalue weighted by molar-refractivity contribution is -0.117. The van der Waals surface area contributed by atoms with Crippen molar-refractivity contribution in [2.24, 2.45) is 0 Å². The maximum Gasteiger partial charge on any atom is 0.228 e. The van der Waals surface area contributed by atoms with E-state index < -0.39 is 0 Å². The fourth-order valence-electron chi connectivity index (χ4n) is 2.20. The predicted molar refractivity (Wildman–Crippen MR) is 71.9 cm³/mol. The fraction of sp³-hybridized carbons (Fsp3) is 0.385. The molecule has 1 aliphatic heterocycles. The summed E-state index contributed by atoms with van der Waals surface area (Å²) < 4.78 is 0. The van der Waals surface area contributed by atoms with Gasteiger partial charge in [-0.1, -0.05) is 23.9 Å². The normalized spacial score (nSPS) is 19.3. The smallest absolute Gasteiger partial charge is 0.228 e. The Labute approximate surface area is 110 Å². The molecule has 1 atom stereocenters. The minimum absolute atomic E-state index is 0.0173. The first-order valence-electron chi connectivity index (χ1n) is 5.75. The van der Waals surface area contributed by atoms with E-state index in [9.17, 15) is 14.7 Å². The van der Waals surface area contributed by atoms with Gasteiger partial charge in [0.25, 0.3) is 0 Å². The molecule has 0 aromatic heterocycles. The molecule has 1 aromatic rings. The number of nitrogens with zero attached hydrogens (tertiary/aromatic N) is 1. The van der Waals surface area contributed by atoms with Crippen molar-refractivity contribution in [3.8, 4) is 5.75 Å². The van der Waals surface area contributed by atoms with Gasteiger partial charge < -0.3 is 10.0 Å². The van der Waals surface area contributed by atoms with Crippen molar-refractivity contribution < 1.29 is 14.7 Å². The number of anilines is 1. The molecule has 1 fully saturated rings. The number of carbonyl (C=O) groups is 2. The summed E-state index contributed by atoms with van der Waals surface area (Å²) in [6.07, 6.45) is 0.345. The third-order valence-electron chi connectivity index (χ3n) is 2.91. The van der Waals surface area contributed by atoms with Crippen LogP contribution in [-0.2, 0) is 9.59 Å². The molecule has 96 valence electrons. The van der Waals surface area contributed by atoms with E-state index >= 15 is 0 Å². The fourth-order valence-corrected chi connectivity index (χ4v) is 3.12. The number of hydrogen-bond acceptors (Lipinski definition) is 4. The van der Waals surface area contributed by atoms with Crippen LogP contribution in [0.2, 0.25) is 0 Å². The van der Waals surface area contributed by atoms with Gasteiger partial charge in [0.05, 0.1) is 5.69 Å². The Bertz CT molecular complexity index is 481. The van der Waals surface area contributed by atoms with Gasteiger partial charge in [0, 0.05) is 25.1 Å². The number of aromatic hydroxyl groups is 1. The van der Waals surface area contributed by atoms with Gasteiger partial charge in [0.15, 0.2) is 5.12 Å². The lowest BCUT2D eigenvalue weighted by atomic mass is 10.1. The van der Waals surface area contributed by atoms with Crippen LogP contribution in [-0.4, -0.2) is 27.9 Å². The second-order valence-corrected chi connectivity index (χ2v) is 5.86. The van der Waals surface area contributed by atoms with Crippen molar-refractivity contribution >= 4 is 28.5 Å². The molecule has 2 rings (SSSR count). The number of benzene rings is 1. The standard InChI is InChI=1S/C13H15NO3S/c1-8-4-3-5-11(16)13(8)14-7-10(6-12(14)17)18-9(2)15/h3-5,10,16H,6-7H2,1-2H3. The molecular weight excluding hydrogens is 250 g/mol. The summed E-state index contributed by atoms with van der Waals surface area (Å²) in [4.78, 5) is 24.6. The summed E-state index contributed by atoms with van der Waals surface area (Å²) in [5.74, 6) is 0.0650. The Kier molecular flexibility index (Phi) is 3.61. The van der Waals surface area contributed by atoms with Crippen molar-refractivity contribution in [1.29, 1.82) is 0 Å². The quantitative estimate of drug-likeness (QED) is 0.889. The molecule has 1 N–H and O–H groups in total. The summed E-state index contributed by atoms with van der Waals surface area (Å²) in [6, 6.07) is 5.17. The Morgan fingerprint density at radius 3 is 2.83 bits per heavy atom. The van der Waals surface area contributed by atoms with Crippen molar-refractivity contribution in [2.75, 3.05) is 11.4 Å². The van der Waals surface area contributed by atoms with E-state index in [0.29, 0.717) is 18.7 Å². The average Bonchev–Trinajstić information content (AvgIpc) is 2.58. The average molecular weight is 265 g/mol. The van der Waals surface area contributed by atoms with Crippen molar-refractivity contribution in [1.82, 2.24) is 0 Å². The number of carbonyl (C=O) groups excluding carboxylic acids is 2. The molecule has 1 saturated heterocycles. The molecular formula is C13H15NO3S. The third-order valence-corrected chi connectivity index (χ3v) is 3.89. The Balaban J connectivity index is 2.24. The zero-order valence-electron chi connectivity index (χ0n) is 10.3. The predicted octanol–water partition coefficient (Wildman–Crippen LogP) is 2.09. The molecule has 1 aliphatic rings. The largest absolute Gasteiger partial charge is 0.506 e. The summed E-state index contributed by atoms with van der Waals surface area (Å²) in [6.45, 7) is 3.83. The lowest BCUT2D eigenvalue weighted by Gasteiger charge is -2.20. The topological polar surface area (TPSA) is 57.6 Å². The molecule has 0 saturated carbocycles. The monoisotopic (exact) mass is 265 g/mol. The molecule has 18 heavy (non-hydrogen) atoms. The molecule has 4 nitrogen and oxygen atoms in total. The van der Waals surface area contributed by atoms with Crippen molar-refractivity contribution in [3.63, 3.8) is 0 Å². The highest BCUT2D eigenvalue weighted by Gasteiger charge is 2.33. The van der Waals surface area contributed by atoms with E-state index in [-0.39, 0.29) is 22.0 Å².